The molecular weight excluding hydrogens is 312 g/mol. The average Bonchev–Trinajstić information content (AvgIpc) is 3.23. The van der Waals surface area contributed by atoms with Crippen molar-refractivity contribution in [3.05, 3.63) is 42.0 Å². The van der Waals surface area contributed by atoms with Crippen LogP contribution in [-0.4, -0.2) is 39.6 Å². The van der Waals surface area contributed by atoms with Crippen molar-refractivity contribution < 1.29 is 24.6 Å². The van der Waals surface area contributed by atoms with Crippen LogP contribution in [0.2, 0.25) is 0 Å². The summed E-state index contributed by atoms with van der Waals surface area (Å²) in [5.41, 5.74) is 5.16. The third-order valence-electron chi connectivity index (χ3n) is 4.93. The van der Waals surface area contributed by atoms with Crippen molar-refractivity contribution in [3.63, 3.8) is 0 Å². The summed E-state index contributed by atoms with van der Waals surface area (Å²) in [7, 11) is 0. The molecule has 1 amide bonds. The summed E-state index contributed by atoms with van der Waals surface area (Å²) in [6.07, 6.45) is 3.02. The highest BCUT2D eigenvalue weighted by atomic mass is 16.4. The predicted molar refractivity (Wildman–Crippen MR) is 84.7 cm³/mol. The first-order valence-electron chi connectivity index (χ1n) is 7.63. The van der Waals surface area contributed by atoms with Gasteiger partial charge in [-0.05, 0) is 24.0 Å². The van der Waals surface area contributed by atoms with Crippen molar-refractivity contribution in [2.75, 3.05) is 0 Å². The van der Waals surface area contributed by atoms with E-state index in [0.717, 1.165) is 5.56 Å². The van der Waals surface area contributed by atoms with Crippen molar-refractivity contribution >= 4 is 23.9 Å². The van der Waals surface area contributed by atoms with Crippen molar-refractivity contribution in [1.82, 2.24) is 5.32 Å². The van der Waals surface area contributed by atoms with E-state index in [0.29, 0.717) is 0 Å². The number of carbonyl (C=O) groups excluding carboxylic acids is 1. The first-order valence-corrected chi connectivity index (χ1v) is 7.63. The molecule has 7 heteroatoms. The number of rotatable bonds is 5. The Kier molecular flexibility index (Phi) is 3.88. The van der Waals surface area contributed by atoms with Gasteiger partial charge in [-0.15, -0.1) is 0 Å². The van der Waals surface area contributed by atoms with Gasteiger partial charge < -0.3 is 21.3 Å². The number of carbonyl (C=O) groups is 3. The first kappa shape index (κ1) is 16.2. The molecule has 0 spiro atoms. The Morgan fingerprint density at radius 3 is 2.46 bits per heavy atom. The van der Waals surface area contributed by atoms with Gasteiger partial charge in [-0.1, -0.05) is 30.3 Å². The summed E-state index contributed by atoms with van der Waals surface area (Å²) in [6, 6.07) is 8.68. The molecule has 1 aromatic rings. The number of benzene rings is 1. The number of aliphatic carboxylic acids is 2. The largest absolute Gasteiger partial charge is 0.481 e. The summed E-state index contributed by atoms with van der Waals surface area (Å²) in [5, 5.41) is 21.2. The molecule has 5 atom stereocenters. The minimum atomic E-state index is -1.60. The molecule has 1 aromatic carbocycles. The second-order valence-corrected chi connectivity index (χ2v) is 6.38. The van der Waals surface area contributed by atoms with Crippen LogP contribution in [0.5, 0.6) is 0 Å². The highest BCUT2D eigenvalue weighted by Crippen LogP contribution is 2.61. The maximum Gasteiger partial charge on any atom is 0.324 e. The van der Waals surface area contributed by atoms with Crippen LogP contribution in [0, 0.1) is 17.8 Å². The summed E-state index contributed by atoms with van der Waals surface area (Å²) >= 11 is 0. The number of carboxylic acids is 2. The van der Waals surface area contributed by atoms with Crippen molar-refractivity contribution in [3.8, 4) is 0 Å². The van der Waals surface area contributed by atoms with Gasteiger partial charge in [0.1, 0.15) is 5.54 Å². The van der Waals surface area contributed by atoms with Crippen LogP contribution in [0.15, 0.2) is 36.4 Å². The molecule has 0 heterocycles. The predicted octanol–water partition coefficient (Wildman–Crippen LogP) is 0.317. The second-order valence-electron chi connectivity index (χ2n) is 6.38. The molecule has 0 aromatic heterocycles. The summed E-state index contributed by atoms with van der Waals surface area (Å²) < 4.78 is 0. The van der Waals surface area contributed by atoms with Gasteiger partial charge in [0.2, 0.25) is 5.91 Å². The number of nitrogens with two attached hydrogens (primary N) is 1. The van der Waals surface area contributed by atoms with E-state index < -0.39 is 47.2 Å². The van der Waals surface area contributed by atoms with Crippen LogP contribution in [0.25, 0.3) is 6.08 Å². The molecule has 0 saturated heterocycles. The number of nitrogens with one attached hydrogen (secondary N) is 1. The normalized spacial score (nSPS) is 33.9. The van der Waals surface area contributed by atoms with Gasteiger partial charge in [-0.3, -0.25) is 14.4 Å². The zero-order valence-corrected chi connectivity index (χ0v) is 12.8. The molecule has 2 saturated carbocycles. The fraction of sp³-hybridized carbons (Fsp3) is 0.353. The monoisotopic (exact) mass is 330 g/mol. The number of hydrogen-bond acceptors (Lipinski definition) is 4. The van der Waals surface area contributed by atoms with Gasteiger partial charge in [0, 0.05) is 18.0 Å². The zero-order chi connectivity index (χ0) is 17.5. The van der Waals surface area contributed by atoms with E-state index in [9.17, 15) is 24.6 Å². The molecule has 0 aliphatic heterocycles. The van der Waals surface area contributed by atoms with Crippen LogP contribution < -0.4 is 11.1 Å². The molecular formula is C17H18N2O5. The lowest BCUT2D eigenvalue weighted by molar-refractivity contribution is -0.145. The highest BCUT2D eigenvalue weighted by molar-refractivity contribution is 5.93. The summed E-state index contributed by atoms with van der Waals surface area (Å²) in [6.45, 7) is 0. The number of carboxylic acid groups (broad SMARTS) is 2. The molecule has 24 heavy (non-hydrogen) atoms. The molecule has 2 aliphatic carbocycles. The lowest BCUT2D eigenvalue weighted by Gasteiger charge is -2.24. The van der Waals surface area contributed by atoms with Crippen LogP contribution in [0.3, 0.4) is 0 Å². The molecule has 2 aliphatic rings. The smallest absolute Gasteiger partial charge is 0.324 e. The first-order chi connectivity index (χ1) is 11.3. The minimum Gasteiger partial charge on any atom is -0.481 e. The molecule has 7 nitrogen and oxygen atoms in total. The third-order valence-corrected chi connectivity index (χ3v) is 4.93. The van der Waals surface area contributed by atoms with Crippen LogP contribution in [-0.2, 0) is 14.4 Å². The maximum atomic E-state index is 12.1. The summed E-state index contributed by atoms with van der Waals surface area (Å²) in [5.74, 6) is -4.58. The van der Waals surface area contributed by atoms with Crippen molar-refractivity contribution in [1.29, 1.82) is 0 Å². The number of hydrogen-bond donors (Lipinski definition) is 4. The van der Waals surface area contributed by atoms with E-state index in [1.807, 2.05) is 30.3 Å². The van der Waals surface area contributed by atoms with Gasteiger partial charge >= 0.3 is 11.9 Å². The fourth-order valence-electron chi connectivity index (χ4n) is 3.80. The molecule has 126 valence electrons. The Morgan fingerprint density at radius 1 is 1.21 bits per heavy atom. The maximum absolute atomic E-state index is 12.1. The Balaban J connectivity index is 1.69. The quantitative estimate of drug-likeness (QED) is 0.575. The molecule has 5 N–H and O–H groups in total. The van der Waals surface area contributed by atoms with E-state index in [1.165, 1.54) is 6.08 Å². The van der Waals surface area contributed by atoms with E-state index >= 15 is 0 Å². The Labute approximate surface area is 138 Å². The summed E-state index contributed by atoms with van der Waals surface area (Å²) in [4.78, 5) is 34.7. The third kappa shape index (κ3) is 2.67. The number of amides is 1. The van der Waals surface area contributed by atoms with Gasteiger partial charge in [0.05, 0.1) is 5.92 Å². The van der Waals surface area contributed by atoms with Gasteiger partial charge in [0.25, 0.3) is 0 Å². The van der Waals surface area contributed by atoms with Crippen LogP contribution in [0.1, 0.15) is 12.0 Å². The fourth-order valence-corrected chi connectivity index (χ4v) is 3.80. The Hall–Kier alpha value is -2.67. The number of fused-ring (bicyclic) bond motifs is 1. The Bertz CT molecular complexity index is 717. The highest BCUT2D eigenvalue weighted by Gasteiger charge is 2.74. The topological polar surface area (TPSA) is 130 Å². The SMILES string of the molecule is N[C@@]1(C(=O)O)C[C@H](NC(=O)/C=C/c2ccccc2)[C@H]2[C@H](C(=O)O)[C@H]21. The van der Waals surface area contributed by atoms with E-state index in [2.05, 4.69) is 5.32 Å². The van der Waals surface area contributed by atoms with Gasteiger partial charge in [-0.2, -0.15) is 0 Å². The van der Waals surface area contributed by atoms with Crippen molar-refractivity contribution in [2.45, 2.75) is 18.0 Å². The zero-order valence-electron chi connectivity index (χ0n) is 12.8. The molecule has 0 radical (unpaired) electrons. The molecule has 3 rings (SSSR count). The van der Waals surface area contributed by atoms with Gasteiger partial charge in [-0.25, -0.2) is 0 Å². The van der Waals surface area contributed by atoms with Crippen LogP contribution >= 0.6 is 0 Å². The lowest BCUT2D eigenvalue weighted by atomic mass is 9.90. The Morgan fingerprint density at radius 2 is 1.88 bits per heavy atom. The molecule has 2 fully saturated rings. The second kappa shape index (κ2) is 5.76. The van der Waals surface area contributed by atoms with E-state index in [1.54, 1.807) is 6.08 Å². The lowest BCUT2D eigenvalue weighted by Crippen LogP contribution is -2.52. The van der Waals surface area contributed by atoms with Gasteiger partial charge in [0.15, 0.2) is 0 Å². The van der Waals surface area contributed by atoms with Crippen molar-refractivity contribution in [2.24, 2.45) is 23.5 Å². The molecule has 0 unspecified atom stereocenters. The van der Waals surface area contributed by atoms with E-state index in [4.69, 9.17) is 5.73 Å². The van der Waals surface area contributed by atoms with Crippen LogP contribution in [0.4, 0.5) is 0 Å². The standard InChI is InChI=1S/C17H18N2O5/c18-17(16(23)24)8-10(12-13(14(12)17)15(21)22)19-11(20)7-6-9-4-2-1-3-5-9/h1-7,10,12-14H,8,18H2,(H,19,20)(H,21,22)(H,23,24)/b7-6+/t10-,12-,13-,14-,17-/m0/s1. The average molecular weight is 330 g/mol. The minimum absolute atomic E-state index is 0.0341. The van der Waals surface area contributed by atoms with E-state index in [-0.39, 0.29) is 6.42 Å². The molecule has 0 bridgehead atoms.